The van der Waals surface area contributed by atoms with Gasteiger partial charge < -0.3 is 5.73 Å². The average molecular weight is 409 g/mol. The molecule has 2 aromatic rings. The lowest BCUT2D eigenvalue weighted by Gasteiger charge is -2.14. The Morgan fingerprint density at radius 2 is 1.56 bits per heavy atom. The summed E-state index contributed by atoms with van der Waals surface area (Å²) in [6, 6.07) is 8.84. The van der Waals surface area contributed by atoms with Crippen molar-refractivity contribution in [3.63, 3.8) is 0 Å². The van der Waals surface area contributed by atoms with Crippen LogP contribution in [-0.4, -0.2) is 12.1 Å². The number of rotatable bonds is 4. The normalized spacial score (nSPS) is 12.3. The molecule has 2 rings (SSSR count). The Hall–Kier alpha value is -1.69. The van der Waals surface area contributed by atoms with Gasteiger partial charge in [0.25, 0.3) is 0 Å². The van der Waals surface area contributed by atoms with Crippen LogP contribution in [0.5, 0.6) is 0 Å². The third kappa shape index (κ3) is 4.91. The Labute approximate surface area is 157 Å². The number of primary amides is 1. The molecule has 0 radical (unpaired) electrons. The van der Waals surface area contributed by atoms with Gasteiger partial charge in [-0.2, -0.15) is 13.2 Å². The van der Waals surface area contributed by atoms with Crippen LogP contribution >= 0.6 is 34.8 Å². The second kappa shape index (κ2) is 7.68. The first-order valence-corrected chi connectivity index (χ1v) is 8.04. The number of alkyl halides is 3. The number of hydrogen-bond acceptors (Lipinski definition) is 1. The molecule has 0 fully saturated rings. The third-order valence-electron chi connectivity index (χ3n) is 3.32. The van der Waals surface area contributed by atoms with Gasteiger partial charge in [0.15, 0.2) is 0 Å². The number of allylic oxidation sites excluding steroid dienone is 1. The van der Waals surface area contributed by atoms with Crippen LogP contribution in [-0.2, 0) is 0 Å². The van der Waals surface area contributed by atoms with E-state index in [1.54, 1.807) is 12.1 Å². The summed E-state index contributed by atoms with van der Waals surface area (Å²) in [5.74, 6) is -0.764. The van der Waals surface area contributed by atoms with Gasteiger partial charge >= 0.3 is 6.18 Å². The Kier molecular flexibility index (Phi) is 6.03. The Morgan fingerprint density at radius 1 is 1.04 bits per heavy atom. The predicted octanol–water partition coefficient (Wildman–Crippen LogP) is 6.13. The van der Waals surface area contributed by atoms with E-state index in [1.165, 1.54) is 24.3 Å². The van der Waals surface area contributed by atoms with Crippen LogP contribution in [0.25, 0.3) is 5.57 Å². The number of halogens is 6. The fourth-order valence-electron chi connectivity index (χ4n) is 2.24. The molecule has 0 saturated carbocycles. The summed E-state index contributed by atoms with van der Waals surface area (Å²) in [4.78, 5) is 11.6. The van der Waals surface area contributed by atoms with Crippen LogP contribution in [0, 0.1) is 0 Å². The quantitative estimate of drug-likeness (QED) is 0.608. The van der Waals surface area contributed by atoms with Crippen molar-refractivity contribution in [1.82, 2.24) is 0 Å². The van der Waals surface area contributed by atoms with Crippen LogP contribution in [0.2, 0.25) is 15.1 Å². The Morgan fingerprint density at radius 3 is 2.04 bits per heavy atom. The molecule has 0 spiro atoms. The largest absolute Gasteiger partial charge is 0.392 e. The molecule has 0 saturated heterocycles. The molecule has 0 unspecified atom stereocenters. The van der Waals surface area contributed by atoms with Gasteiger partial charge in [0.1, 0.15) is 0 Å². The molecule has 25 heavy (non-hydrogen) atoms. The van der Waals surface area contributed by atoms with Crippen LogP contribution < -0.4 is 5.73 Å². The minimum Gasteiger partial charge on any atom is -0.366 e. The maximum Gasteiger partial charge on any atom is 0.392 e. The highest BCUT2D eigenvalue weighted by Gasteiger charge is 2.26. The first-order valence-electron chi connectivity index (χ1n) is 6.91. The molecule has 0 atom stereocenters. The van der Waals surface area contributed by atoms with Gasteiger partial charge in [0, 0.05) is 5.56 Å². The molecule has 0 aliphatic carbocycles. The van der Waals surface area contributed by atoms with E-state index in [4.69, 9.17) is 40.5 Å². The maximum absolute atomic E-state index is 12.7. The zero-order valence-corrected chi connectivity index (χ0v) is 14.8. The highest BCUT2D eigenvalue weighted by atomic mass is 35.5. The van der Waals surface area contributed by atoms with Crippen molar-refractivity contribution < 1.29 is 18.0 Å². The molecule has 132 valence electrons. The lowest BCUT2D eigenvalue weighted by molar-refractivity contribution is -0.124. The van der Waals surface area contributed by atoms with E-state index in [2.05, 4.69) is 0 Å². The van der Waals surface area contributed by atoms with Crippen molar-refractivity contribution in [2.24, 2.45) is 5.73 Å². The summed E-state index contributed by atoms with van der Waals surface area (Å²) in [6.07, 6.45) is -4.67. The second-order valence-corrected chi connectivity index (χ2v) is 6.29. The number of hydrogen-bond donors (Lipinski definition) is 1. The number of benzene rings is 2. The molecule has 2 N–H and O–H groups in total. The lowest BCUT2D eigenvalue weighted by atomic mass is 9.92. The standard InChI is InChI=1S/C17H11Cl3F3NO/c18-13-7-9(8-14(19)15(13)20)10(5-6-17(21,22)23)11-3-1-2-4-12(11)16(24)25/h1-5,7-8H,6H2,(H2,24,25). The van der Waals surface area contributed by atoms with Crippen molar-refractivity contribution in [2.45, 2.75) is 12.6 Å². The van der Waals surface area contributed by atoms with E-state index in [1.807, 2.05) is 0 Å². The zero-order chi connectivity index (χ0) is 18.8. The monoisotopic (exact) mass is 407 g/mol. The summed E-state index contributed by atoms with van der Waals surface area (Å²) in [5.41, 5.74) is 6.08. The highest BCUT2D eigenvalue weighted by molar-refractivity contribution is 6.48. The van der Waals surface area contributed by atoms with Crippen molar-refractivity contribution in [1.29, 1.82) is 0 Å². The fraction of sp³-hybridized carbons (Fsp3) is 0.118. The fourth-order valence-corrected chi connectivity index (χ4v) is 2.84. The molecule has 2 nitrogen and oxygen atoms in total. The summed E-state index contributed by atoms with van der Waals surface area (Å²) >= 11 is 17.9. The van der Waals surface area contributed by atoms with Crippen molar-refractivity contribution in [3.05, 3.63) is 74.2 Å². The van der Waals surface area contributed by atoms with Gasteiger partial charge in [-0.1, -0.05) is 59.1 Å². The third-order valence-corrected chi connectivity index (χ3v) is 4.51. The topological polar surface area (TPSA) is 43.1 Å². The molecule has 0 heterocycles. The molecular weight excluding hydrogens is 398 g/mol. The van der Waals surface area contributed by atoms with Gasteiger partial charge in [-0.15, -0.1) is 0 Å². The summed E-state index contributed by atoms with van der Waals surface area (Å²) in [6.45, 7) is 0. The molecule has 0 bridgehead atoms. The molecule has 2 aromatic carbocycles. The lowest BCUT2D eigenvalue weighted by Crippen LogP contribution is -2.14. The number of nitrogens with two attached hydrogens (primary N) is 1. The van der Waals surface area contributed by atoms with E-state index in [9.17, 15) is 18.0 Å². The number of carbonyl (C=O) groups is 1. The summed E-state index contributed by atoms with van der Waals surface area (Å²) in [5, 5.41) is 0.253. The van der Waals surface area contributed by atoms with E-state index >= 15 is 0 Å². The van der Waals surface area contributed by atoms with Gasteiger partial charge in [0.2, 0.25) is 5.91 Å². The van der Waals surface area contributed by atoms with Gasteiger partial charge in [-0.05, 0) is 34.9 Å². The van der Waals surface area contributed by atoms with Gasteiger partial charge in [0.05, 0.1) is 21.5 Å². The van der Waals surface area contributed by atoms with Crippen molar-refractivity contribution in [2.75, 3.05) is 0 Å². The smallest absolute Gasteiger partial charge is 0.366 e. The minimum atomic E-state index is -4.42. The van der Waals surface area contributed by atoms with Crippen LogP contribution in [0.15, 0.2) is 42.5 Å². The SMILES string of the molecule is NC(=O)c1ccccc1C(=CCC(F)(F)F)c1cc(Cl)c(Cl)c(Cl)c1. The molecule has 0 aliphatic rings. The van der Waals surface area contributed by atoms with Gasteiger partial charge in [-0.3, -0.25) is 4.79 Å². The first kappa shape index (κ1) is 19.6. The second-order valence-electron chi connectivity index (χ2n) is 5.10. The molecular formula is C17H11Cl3F3NO. The summed E-state index contributed by atoms with van der Waals surface area (Å²) in [7, 11) is 0. The van der Waals surface area contributed by atoms with Gasteiger partial charge in [-0.25, -0.2) is 0 Å². The molecule has 1 amide bonds. The minimum absolute atomic E-state index is 0.0816. The first-order chi connectivity index (χ1) is 11.6. The molecule has 8 heteroatoms. The van der Waals surface area contributed by atoms with Crippen molar-refractivity contribution in [3.8, 4) is 0 Å². The Bertz CT molecular complexity index is 824. The van der Waals surface area contributed by atoms with E-state index in [0.717, 1.165) is 6.08 Å². The summed E-state index contributed by atoms with van der Waals surface area (Å²) < 4.78 is 38.2. The number of carbonyl (C=O) groups excluding carboxylic acids is 1. The predicted molar refractivity (Wildman–Crippen MR) is 94.2 cm³/mol. The molecule has 0 aliphatic heterocycles. The van der Waals surface area contributed by atoms with Crippen LogP contribution in [0.4, 0.5) is 13.2 Å². The zero-order valence-electron chi connectivity index (χ0n) is 12.5. The van der Waals surface area contributed by atoms with Crippen LogP contribution in [0.3, 0.4) is 0 Å². The van der Waals surface area contributed by atoms with E-state index < -0.39 is 18.5 Å². The van der Waals surface area contributed by atoms with E-state index in [-0.39, 0.29) is 37.3 Å². The van der Waals surface area contributed by atoms with E-state index in [0.29, 0.717) is 0 Å². The Balaban J connectivity index is 2.70. The average Bonchev–Trinajstić information content (AvgIpc) is 2.52. The number of amides is 1. The maximum atomic E-state index is 12.7. The van der Waals surface area contributed by atoms with Crippen molar-refractivity contribution >= 4 is 46.3 Å². The van der Waals surface area contributed by atoms with Crippen LogP contribution in [0.1, 0.15) is 27.9 Å². The molecule has 0 aromatic heterocycles. The highest BCUT2D eigenvalue weighted by Crippen LogP contribution is 2.37.